The third kappa shape index (κ3) is 6.87. The molecule has 1 aromatic carbocycles. The van der Waals surface area contributed by atoms with Crippen molar-refractivity contribution in [2.75, 3.05) is 32.8 Å². The molecule has 26 heavy (non-hydrogen) atoms. The third-order valence-electron chi connectivity index (χ3n) is 4.77. The maximum atomic E-state index is 5.86. The Kier molecular flexibility index (Phi) is 8.23. The first-order valence-corrected chi connectivity index (χ1v) is 9.98. The van der Waals surface area contributed by atoms with E-state index in [2.05, 4.69) is 73.3 Å². The van der Waals surface area contributed by atoms with Crippen LogP contribution in [0.25, 0.3) is 0 Å². The molecule has 2 rings (SSSR count). The van der Waals surface area contributed by atoms with Gasteiger partial charge in [-0.2, -0.15) is 0 Å². The van der Waals surface area contributed by atoms with Crippen molar-refractivity contribution in [2.45, 2.75) is 59.5 Å². The quantitative estimate of drug-likeness (QED) is 0.446. The Morgan fingerprint density at radius 1 is 1.19 bits per heavy atom. The zero-order chi connectivity index (χ0) is 18.9. The van der Waals surface area contributed by atoms with Crippen molar-refractivity contribution in [3.8, 4) is 5.75 Å². The fourth-order valence-electron chi connectivity index (χ4n) is 3.41. The van der Waals surface area contributed by atoms with Gasteiger partial charge in [-0.05, 0) is 70.7 Å². The number of rotatable bonds is 7. The van der Waals surface area contributed by atoms with Gasteiger partial charge in [-0.3, -0.25) is 0 Å². The smallest absolute Gasteiger partial charge is 0.191 e. The number of hydrogen-bond donors (Lipinski definition) is 2. The topological polar surface area (TPSA) is 48.9 Å². The molecule has 0 atom stereocenters. The lowest BCUT2D eigenvalue weighted by Gasteiger charge is -2.35. The van der Waals surface area contributed by atoms with Crippen LogP contribution in [0.1, 0.15) is 44.7 Å². The van der Waals surface area contributed by atoms with Crippen molar-refractivity contribution < 1.29 is 4.74 Å². The van der Waals surface area contributed by atoms with Crippen molar-refractivity contribution in [3.63, 3.8) is 0 Å². The number of nitrogens with zero attached hydrogens (tertiary/aromatic N) is 2. The lowest BCUT2D eigenvalue weighted by Crippen LogP contribution is -2.50. The van der Waals surface area contributed by atoms with Gasteiger partial charge in [0, 0.05) is 31.7 Å². The van der Waals surface area contributed by atoms with Crippen LogP contribution in [-0.2, 0) is 0 Å². The van der Waals surface area contributed by atoms with Crippen LogP contribution in [0, 0.1) is 13.8 Å². The highest BCUT2D eigenvalue weighted by Crippen LogP contribution is 2.16. The standard InChI is InChI=1S/C21H36N4O/c1-6-22-21(24-19-7-10-25(11-8-19)16(2)3)23-9-12-26-20-14-17(4)13-18(5)15-20/h13-16,19H,6-12H2,1-5H3,(H2,22,23,24). The predicted molar refractivity (Wildman–Crippen MR) is 110 cm³/mol. The Labute approximate surface area is 159 Å². The largest absolute Gasteiger partial charge is 0.492 e. The maximum Gasteiger partial charge on any atom is 0.191 e. The van der Waals surface area contributed by atoms with Crippen LogP contribution in [0.15, 0.2) is 23.2 Å². The summed E-state index contributed by atoms with van der Waals surface area (Å²) in [6.45, 7) is 15.3. The molecule has 1 aliphatic rings. The minimum absolute atomic E-state index is 0.503. The van der Waals surface area contributed by atoms with Gasteiger partial charge in [0.2, 0.25) is 0 Å². The van der Waals surface area contributed by atoms with Crippen LogP contribution in [-0.4, -0.2) is 55.7 Å². The second-order valence-electron chi connectivity index (χ2n) is 7.48. The van der Waals surface area contributed by atoms with Crippen LogP contribution in [0.4, 0.5) is 0 Å². The van der Waals surface area contributed by atoms with E-state index in [4.69, 9.17) is 4.74 Å². The highest BCUT2D eigenvalue weighted by atomic mass is 16.5. The Hall–Kier alpha value is -1.75. The van der Waals surface area contributed by atoms with Crippen LogP contribution in [0.3, 0.4) is 0 Å². The summed E-state index contributed by atoms with van der Waals surface area (Å²) in [4.78, 5) is 7.22. The fourth-order valence-corrected chi connectivity index (χ4v) is 3.41. The van der Waals surface area contributed by atoms with Crippen LogP contribution < -0.4 is 15.4 Å². The van der Waals surface area contributed by atoms with E-state index in [1.165, 1.54) is 24.0 Å². The molecule has 0 radical (unpaired) electrons. The van der Waals surface area contributed by atoms with Gasteiger partial charge in [0.15, 0.2) is 5.96 Å². The molecule has 5 nitrogen and oxygen atoms in total. The molecule has 0 bridgehead atoms. The van der Waals surface area contributed by atoms with Crippen molar-refractivity contribution in [1.29, 1.82) is 0 Å². The SMILES string of the molecule is CCNC(=NCCOc1cc(C)cc(C)c1)NC1CCN(C(C)C)CC1. The second kappa shape index (κ2) is 10.4. The molecule has 0 saturated carbocycles. The molecule has 2 N–H and O–H groups in total. The third-order valence-corrected chi connectivity index (χ3v) is 4.77. The van der Waals surface area contributed by atoms with Crippen molar-refractivity contribution in [1.82, 2.24) is 15.5 Å². The number of ether oxygens (including phenoxy) is 1. The van der Waals surface area contributed by atoms with Gasteiger partial charge in [-0.1, -0.05) is 6.07 Å². The van der Waals surface area contributed by atoms with Crippen LogP contribution in [0.5, 0.6) is 5.75 Å². The molecule has 0 aromatic heterocycles. The van der Waals surface area contributed by atoms with Crippen molar-refractivity contribution in [2.24, 2.45) is 4.99 Å². The molecule has 5 heteroatoms. The van der Waals surface area contributed by atoms with E-state index < -0.39 is 0 Å². The molecule has 0 unspecified atom stereocenters. The summed E-state index contributed by atoms with van der Waals surface area (Å²) < 4.78 is 5.86. The molecule has 1 fully saturated rings. The fraction of sp³-hybridized carbons (Fsp3) is 0.667. The van der Waals surface area contributed by atoms with Gasteiger partial charge in [-0.15, -0.1) is 0 Å². The minimum Gasteiger partial charge on any atom is -0.492 e. The predicted octanol–water partition coefficient (Wildman–Crippen LogP) is 3.11. The highest BCUT2D eigenvalue weighted by molar-refractivity contribution is 5.80. The number of nitrogens with one attached hydrogen (secondary N) is 2. The van der Waals surface area contributed by atoms with E-state index in [-0.39, 0.29) is 0 Å². The van der Waals surface area contributed by atoms with E-state index in [0.29, 0.717) is 25.2 Å². The summed E-state index contributed by atoms with van der Waals surface area (Å²) in [5.41, 5.74) is 2.46. The number of aryl methyl sites for hydroxylation is 2. The van der Waals surface area contributed by atoms with E-state index in [1.807, 2.05) is 0 Å². The van der Waals surface area contributed by atoms with Crippen LogP contribution in [0.2, 0.25) is 0 Å². The molecule has 1 aliphatic heterocycles. The first-order valence-electron chi connectivity index (χ1n) is 9.98. The average molecular weight is 361 g/mol. The van der Waals surface area contributed by atoms with E-state index in [0.717, 1.165) is 31.3 Å². The molecule has 0 spiro atoms. The molecule has 1 saturated heterocycles. The second-order valence-corrected chi connectivity index (χ2v) is 7.48. The summed E-state index contributed by atoms with van der Waals surface area (Å²) in [6.07, 6.45) is 2.34. The van der Waals surface area contributed by atoms with Crippen LogP contribution >= 0.6 is 0 Å². The summed E-state index contributed by atoms with van der Waals surface area (Å²) in [7, 11) is 0. The molecule has 1 aromatic rings. The number of piperidine rings is 1. The molecule has 146 valence electrons. The Balaban J connectivity index is 1.79. The van der Waals surface area contributed by atoms with Crippen molar-refractivity contribution >= 4 is 5.96 Å². The highest BCUT2D eigenvalue weighted by Gasteiger charge is 2.21. The van der Waals surface area contributed by atoms with Gasteiger partial charge in [0.1, 0.15) is 12.4 Å². The molecule has 0 amide bonds. The first kappa shape index (κ1) is 20.6. The molecular weight excluding hydrogens is 324 g/mol. The van der Waals surface area contributed by atoms with Gasteiger partial charge >= 0.3 is 0 Å². The minimum atomic E-state index is 0.503. The Bertz CT molecular complexity index is 557. The first-order chi connectivity index (χ1) is 12.5. The number of benzene rings is 1. The lowest BCUT2D eigenvalue weighted by molar-refractivity contribution is 0.167. The molecule has 1 heterocycles. The summed E-state index contributed by atoms with van der Waals surface area (Å²) in [5, 5.41) is 6.94. The van der Waals surface area contributed by atoms with Crippen molar-refractivity contribution in [3.05, 3.63) is 29.3 Å². The van der Waals surface area contributed by atoms with Gasteiger partial charge in [-0.25, -0.2) is 4.99 Å². The monoisotopic (exact) mass is 360 g/mol. The molecule has 0 aliphatic carbocycles. The normalized spacial score (nSPS) is 16.8. The van der Waals surface area contributed by atoms with E-state index >= 15 is 0 Å². The Morgan fingerprint density at radius 2 is 1.85 bits per heavy atom. The van der Waals surface area contributed by atoms with Gasteiger partial charge in [0.05, 0.1) is 6.54 Å². The maximum absolute atomic E-state index is 5.86. The Morgan fingerprint density at radius 3 is 2.42 bits per heavy atom. The van der Waals surface area contributed by atoms with Gasteiger partial charge in [0.25, 0.3) is 0 Å². The number of guanidine groups is 1. The molecular formula is C21H36N4O. The number of hydrogen-bond acceptors (Lipinski definition) is 3. The summed E-state index contributed by atoms with van der Waals surface area (Å²) in [5.74, 6) is 1.83. The number of aliphatic imine (C=N–C) groups is 1. The average Bonchev–Trinajstić information content (AvgIpc) is 2.58. The van der Waals surface area contributed by atoms with E-state index in [1.54, 1.807) is 0 Å². The summed E-state index contributed by atoms with van der Waals surface area (Å²) >= 11 is 0. The number of likely N-dealkylation sites (tertiary alicyclic amines) is 1. The summed E-state index contributed by atoms with van der Waals surface area (Å²) in [6, 6.07) is 7.44. The lowest BCUT2D eigenvalue weighted by atomic mass is 10.0. The van der Waals surface area contributed by atoms with Gasteiger partial charge < -0.3 is 20.3 Å². The zero-order valence-corrected chi connectivity index (χ0v) is 17.1. The van der Waals surface area contributed by atoms with E-state index in [9.17, 15) is 0 Å². The zero-order valence-electron chi connectivity index (χ0n) is 17.1.